The first kappa shape index (κ1) is 27.8. The zero-order valence-electron chi connectivity index (χ0n) is 40.0. The van der Waals surface area contributed by atoms with Gasteiger partial charge in [-0.3, -0.25) is 0 Å². The van der Waals surface area contributed by atoms with Crippen molar-refractivity contribution in [2.75, 3.05) is 4.90 Å². The molecule has 0 radical (unpaired) electrons. The van der Waals surface area contributed by atoms with Crippen molar-refractivity contribution in [3.05, 3.63) is 249 Å². The molecule has 0 N–H and O–H groups in total. The van der Waals surface area contributed by atoms with Gasteiger partial charge in [0, 0.05) is 17.1 Å². The van der Waals surface area contributed by atoms with Gasteiger partial charge in [-0.15, -0.1) is 0 Å². The molecule has 0 aliphatic carbocycles. The molecule has 0 saturated heterocycles. The molecule has 0 aliphatic heterocycles. The van der Waals surface area contributed by atoms with Crippen LogP contribution in [-0.2, 0) is 0 Å². The van der Waals surface area contributed by atoms with Crippen molar-refractivity contribution in [1.29, 1.82) is 0 Å². The van der Waals surface area contributed by atoms with E-state index < -0.39 is 24.2 Å². The van der Waals surface area contributed by atoms with E-state index in [4.69, 9.17) is 0 Å². The van der Waals surface area contributed by atoms with Crippen LogP contribution in [0.5, 0.6) is 0 Å². The molecule has 59 heavy (non-hydrogen) atoms. The van der Waals surface area contributed by atoms with Crippen LogP contribution in [0, 0.1) is 0 Å². The maximum absolute atomic E-state index is 9.62. The number of anilines is 3. The molecule has 278 valence electrons. The average Bonchev–Trinajstić information content (AvgIpc) is 3.38. The van der Waals surface area contributed by atoms with E-state index in [0.29, 0.717) is 16.8 Å². The number of nitrogens with zero attached hydrogens (tertiary/aromatic N) is 1. The largest absolute Gasteiger partial charge is 0.311 e. The molecule has 0 amide bonds. The minimum atomic E-state index is -0.400. The van der Waals surface area contributed by atoms with E-state index >= 15 is 0 Å². The lowest BCUT2D eigenvalue weighted by Crippen LogP contribution is -2.09. The molecule has 0 aromatic heterocycles. The number of benzene rings is 10. The lowest BCUT2D eigenvalue weighted by atomic mass is 9.93. The molecule has 0 fully saturated rings. The summed E-state index contributed by atoms with van der Waals surface area (Å²) in [6.45, 7) is 0. The molecule has 1 nitrogen and oxygen atoms in total. The van der Waals surface area contributed by atoms with Gasteiger partial charge in [-0.05, 0) is 144 Å². The van der Waals surface area contributed by atoms with Crippen molar-refractivity contribution in [2.24, 2.45) is 0 Å². The summed E-state index contributed by atoms with van der Waals surface area (Å²) in [5, 5.41) is 2.17. The Kier molecular flexibility index (Phi) is 7.54. The monoisotopic (exact) mass is 759 g/mol. The minimum Gasteiger partial charge on any atom is -0.311 e. The summed E-state index contributed by atoms with van der Waals surface area (Å²) in [5.74, 6) is 0. The third-order valence-electron chi connectivity index (χ3n) is 10.6. The summed E-state index contributed by atoms with van der Waals surface area (Å²) < 4.78 is 75.7. The van der Waals surface area contributed by atoms with Gasteiger partial charge in [-0.25, -0.2) is 0 Å². The van der Waals surface area contributed by atoms with Crippen molar-refractivity contribution in [2.45, 2.75) is 0 Å². The summed E-state index contributed by atoms with van der Waals surface area (Å²) >= 11 is 0. The molecule has 0 atom stereocenters. The smallest absolute Gasteiger partial charge is 0.0645 e. The van der Waals surface area contributed by atoms with Crippen molar-refractivity contribution in [1.82, 2.24) is 0 Å². The van der Waals surface area contributed by atoms with Crippen LogP contribution in [0.25, 0.3) is 77.5 Å². The van der Waals surface area contributed by atoms with E-state index in [1.165, 1.54) is 4.90 Å². The fourth-order valence-corrected chi connectivity index (χ4v) is 7.51. The van der Waals surface area contributed by atoms with Gasteiger partial charge in [0.2, 0.25) is 0 Å². The SMILES string of the molecule is [2H]c1c([2H])c(N(c2ccc(-c3cc(-c4ccccc4)cc(-c4ccccc4)c3)cc2)c2c([2H])c([2H])c(-c3cccc(-c4ccc5ccccc5c4)c3)c([2H])c2[2H])c([2H])c([2H])c1-c1ccccc1. The molecule has 0 heterocycles. The molecule has 0 bridgehead atoms. The van der Waals surface area contributed by atoms with E-state index in [9.17, 15) is 11.0 Å². The summed E-state index contributed by atoms with van der Waals surface area (Å²) in [6.07, 6.45) is 0. The first-order chi connectivity index (χ1) is 32.6. The van der Waals surface area contributed by atoms with Crippen molar-refractivity contribution >= 4 is 27.8 Å². The number of rotatable bonds is 9. The molecule has 10 aromatic rings. The fourth-order valence-electron chi connectivity index (χ4n) is 7.51. The summed E-state index contributed by atoms with van der Waals surface area (Å²) in [4.78, 5) is 1.35. The maximum atomic E-state index is 9.62. The molecular formula is C58H41N. The van der Waals surface area contributed by atoms with E-state index in [-0.39, 0.29) is 46.7 Å². The van der Waals surface area contributed by atoms with Crippen LogP contribution in [0.3, 0.4) is 0 Å². The van der Waals surface area contributed by atoms with Crippen LogP contribution in [0.4, 0.5) is 17.1 Å². The first-order valence-electron chi connectivity index (χ1n) is 23.6. The van der Waals surface area contributed by atoms with Crippen molar-refractivity contribution in [3.63, 3.8) is 0 Å². The summed E-state index contributed by atoms with van der Waals surface area (Å²) in [5.41, 5.74) is 8.85. The molecule has 10 rings (SSSR count). The van der Waals surface area contributed by atoms with Crippen LogP contribution in [0.15, 0.2) is 249 Å². The number of hydrogen-bond donors (Lipinski definition) is 0. The number of hydrogen-bond acceptors (Lipinski definition) is 1. The Balaban J connectivity index is 1.14. The predicted octanol–water partition coefficient (Wildman–Crippen LogP) is 16.3. The Morgan fingerprint density at radius 2 is 0.576 bits per heavy atom. The summed E-state index contributed by atoms with van der Waals surface area (Å²) in [6, 6.07) is 61.6. The molecule has 1 heteroatoms. The van der Waals surface area contributed by atoms with E-state index in [0.717, 1.165) is 55.3 Å². The van der Waals surface area contributed by atoms with Crippen molar-refractivity contribution in [3.8, 4) is 66.8 Å². The van der Waals surface area contributed by atoms with Gasteiger partial charge in [0.15, 0.2) is 0 Å². The Bertz CT molecular complexity index is 3370. The van der Waals surface area contributed by atoms with Gasteiger partial charge in [0.1, 0.15) is 0 Å². The van der Waals surface area contributed by atoms with Gasteiger partial charge in [-0.1, -0.05) is 182 Å². The normalized spacial score (nSPS) is 12.9. The van der Waals surface area contributed by atoms with Crippen LogP contribution in [0.2, 0.25) is 0 Å². The highest BCUT2D eigenvalue weighted by Crippen LogP contribution is 2.39. The maximum Gasteiger partial charge on any atom is 0.0645 e. The topological polar surface area (TPSA) is 3.24 Å². The molecule has 0 saturated carbocycles. The molecule has 0 spiro atoms. The fraction of sp³-hybridized carbons (Fsp3) is 0. The Hall–Kier alpha value is -7.74. The zero-order valence-corrected chi connectivity index (χ0v) is 32.0. The second-order valence-electron chi connectivity index (χ2n) is 14.4. The molecule has 10 aromatic carbocycles. The lowest BCUT2D eigenvalue weighted by Gasteiger charge is -2.26. The first-order valence-corrected chi connectivity index (χ1v) is 19.6. The highest BCUT2D eigenvalue weighted by Gasteiger charge is 2.15. The molecule has 0 unspecified atom stereocenters. The van der Waals surface area contributed by atoms with Gasteiger partial charge < -0.3 is 4.90 Å². The van der Waals surface area contributed by atoms with Crippen LogP contribution >= 0.6 is 0 Å². The minimum absolute atomic E-state index is 0.100. The second-order valence-corrected chi connectivity index (χ2v) is 14.4. The van der Waals surface area contributed by atoms with Gasteiger partial charge >= 0.3 is 0 Å². The van der Waals surface area contributed by atoms with Crippen LogP contribution < -0.4 is 4.90 Å². The van der Waals surface area contributed by atoms with E-state index in [2.05, 4.69) is 48.5 Å². The second kappa shape index (κ2) is 16.0. The van der Waals surface area contributed by atoms with Gasteiger partial charge in [0.05, 0.1) is 11.0 Å². The third kappa shape index (κ3) is 7.58. The van der Waals surface area contributed by atoms with Crippen molar-refractivity contribution < 1.29 is 11.0 Å². The lowest BCUT2D eigenvalue weighted by molar-refractivity contribution is 1.28. The number of fused-ring (bicyclic) bond motifs is 1. The Morgan fingerprint density at radius 3 is 1.10 bits per heavy atom. The van der Waals surface area contributed by atoms with Gasteiger partial charge in [-0.2, -0.15) is 0 Å². The quantitative estimate of drug-likeness (QED) is 0.142. The highest BCUT2D eigenvalue weighted by atomic mass is 15.1. The molecule has 0 aliphatic rings. The standard InChI is InChI=1S/C58H41N/c1-4-13-42(14-5-1)46-25-31-56(32-26-46)59(57-33-27-47(28-34-57)50-21-12-22-51(37-50)52-24-23-45-19-10-11-20-49(45)38-52)58-35-29-48(30-36-58)55-40-53(43-15-6-2-7-16-43)39-54(41-55)44-17-8-3-9-18-44/h1-41H/i25D,26D,27D,28D,31D,32D,33D,34D. The summed E-state index contributed by atoms with van der Waals surface area (Å²) in [7, 11) is 0. The highest BCUT2D eigenvalue weighted by molar-refractivity contribution is 5.89. The predicted molar refractivity (Wildman–Crippen MR) is 251 cm³/mol. The van der Waals surface area contributed by atoms with E-state index in [1.54, 1.807) is 42.5 Å². The molecular weight excluding hydrogens is 711 g/mol. The third-order valence-corrected chi connectivity index (χ3v) is 10.6. The zero-order chi connectivity index (χ0) is 46.3. The Labute approximate surface area is 358 Å². The van der Waals surface area contributed by atoms with E-state index in [1.807, 2.05) is 109 Å². The Morgan fingerprint density at radius 1 is 0.220 bits per heavy atom. The van der Waals surface area contributed by atoms with Crippen LogP contribution in [-0.4, -0.2) is 0 Å². The van der Waals surface area contributed by atoms with Crippen LogP contribution in [0.1, 0.15) is 11.0 Å². The van der Waals surface area contributed by atoms with Gasteiger partial charge in [0.25, 0.3) is 0 Å². The average molecular weight is 760 g/mol.